The molecule has 3 nitrogen and oxygen atoms in total. The zero-order valence-electron chi connectivity index (χ0n) is 13.3. The highest BCUT2D eigenvalue weighted by Gasteiger charge is 2.13. The molecule has 1 N–H and O–H groups in total. The topological polar surface area (TPSA) is 38.3 Å². The van der Waals surface area contributed by atoms with Crippen LogP contribution < -0.4 is 10.1 Å². The summed E-state index contributed by atoms with van der Waals surface area (Å²) < 4.78 is 5.70. The van der Waals surface area contributed by atoms with Crippen LogP contribution in [0.1, 0.15) is 18.5 Å². The molecule has 0 saturated heterocycles. The third kappa shape index (κ3) is 3.69. The van der Waals surface area contributed by atoms with Crippen LogP contribution in [0.2, 0.25) is 5.02 Å². The summed E-state index contributed by atoms with van der Waals surface area (Å²) in [6.07, 6.45) is 0. The molecule has 24 heavy (non-hydrogen) atoms. The maximum Gasteiger partial charge on any atom is 0.258 e. The van der Waals surface area contributed by atoms with Gasteiger partial charge in [-0.05, 0) is 30.0 Å². The zero-order valence-corrected chi connectivity index (χ0v) is 14.1. The number of halogens is 1. The number of carbonyl (C=O) groups excluding carboxylic acids is 1. The lowest BCUT2D eigenvalue weighted by Crippen LogP contribution is -2.31. The number of fused-ring (bicyclic) bond motifs is 1. The normalized spacial score (nSPS) is 11.9. The Bertz CT molecular complexity index is 858. The fourth-order valence-corrected chi connectivity index (χ4v) is 2.95. The number of hydrogen-bond donors (Lipinski definition) is 1. The maximum atomic E-state index is 12.2. The van der Waals surface area contributed by atoms with Gasteiger partial charge >= 0.3 is 0 Å². The molecule has 0 fully saturated rings. The van der Waals surface area contributed by atoms with E-state index in [-0.39, 0.29) is 18.6 Å². The van der Waals surface area contributed by atoms with Crippen molar-refractivity contribution in [2.75, 3.05) is 6.61 Å². The van der Waals surface area contributed by atoms with E-state index in [2.05, 4.69) is 5.32 Å². The second-order valence-electron chi connectivity index (χ2n) is 5.58. The minimum absolute atomic E-state index is 0.0389. The quantitative estimate of drug-likeness (QED) is 0.728. The Morgan fingerprint density at radius 3 is 2.58 bits per heavy atom. The molecule has 1 amide bonds. The second kappa shape index (κ2) is 7.37. The standard InChI is InChI=1S/C20H18ClNO2/c1-14(16-9-4-5-11-18(16)21)22-20(23)13-24-19-12-6-8-15-7-2-3-10-17(15)19/h2-12,14H,13H2,1H3,(H,22,23). The van der Waals surface area contributed by atoms with Crippen molar-refractivity contribution in [1.29, 1.82) is 0 Å². The van der Waals surface area contributed by atoms with Crippen LogP contribution in [0.4, 0.5) is 0 Å². The van der Waals surface area contributed by atoms with Gasteiger partial charge < -0.3 is 10.1 Å². The SMILES string of the molecule is CC(NC(=O)COc1cccc2ccccc12)c1ccccc1Cl. The molecule has 3 aromatic rings. The van der Waals surface area contributed by atoms with Crippen LogP contribution in [-0.2, 0) is 4.79 Å². The first-order valence-electron chi connectivity index (χ1n) is 7.79. The van der Waals surface area contributed by atoms with Gasteiger partial charge in [0.05, 0.1) is 6.04 Å². The van der Waals surface area contributed by atoms with Crippen molar-refractivity contribution in [3.63, 3.8) is 0 Å². The summed E-state index contributed by atoms with van der Waals surface area (Å²) in [7, 11) is 0. The zero-order chi connectivity index (χ0) is 16.9. The lowest BCUT2D eigenvalue weighted by Gasteiger charge is -2.16. The molecule has 0 spiro atoms. The molecule has 0 radical (unpaired) electrons. The Morgan fingerprint density at radius 2 is 1.75 bits per heavy atom. The van der Waals surface area contributed by atoms with E-state index in [4.69, 9.17) is 16.3 Å². The first kappa shape index (κ1) is 16.3. The summed E-state index contributed by atoms with van der Waals surface area (Å²) in [5.74, 6) is 0.518. The summed E-state index contributed by atoms with van der Waals surface area (Å²) in [6, 6.07) is 21.0. The van der Waals surface area contributed by atoms with Crippen molar-refractivity contribution < 1.29 is 9.53 Å². The molecule has 4 heteroatoms. The molecule has 0 aliphatic rings. The number of benzene rings is 3. The lowest BCUT2D eigenvalue weighted by molar-refractivity contribution is -0.123. The minimum atomic E-state index is -0.185. The number of ether oxygens (including phenoxy) is 1. The average Bonchev–Trinajstić information content (AvgIpc) is 2.60. The second-order valence-corrected chi connectivity index (χ2v) is 5.98. The number of carbonyl (C=O) groups is 1. The van der Waals surface area contributed by atoms with Gasteiger partial charge in [-0.2, -0.15) is 0 Å². The molecule has 3 rings (SSSR count). The summed E-state index contributed by atoms with van der Waals surface area (Å²) in [4.78, 5) is 12.2. The Balaban J connectivity index is 1.64. The van der Waals surface area contributed by atoms with Crippen LogP contribution in [0.5, 0.6) is 5.75 Å². The molecule has 0 aliphatic carbocycles. The van der Waals surface area contributed by atoms with Crippen molar-refractivity contribution in [2.24, 2.45) is 0 Å². The van der Waals surface area contributed by atoms with Gasteiger partial charge in [-0.1, -0.05) is 66.2 Å². The van der Waals surface area contributed by atoms with E-state index in [1.807, 2.05) is 73.7 Å². The van der Waals surface area contributed by atoms with E-state index in [9.17, 15) is 4.79 Å². The molecule has 0 aliphatic heterocycles. The molecule has 0 aromatic heterocycles. The van der Waals surface area contributed by atoms with Crippen LogP contribution in [0.15, 0.2) is 66.7 Å². The summed E-state index contributed by atoms with van der Waals surface area (Å²) >= 11 is 6.16. The molecule has 1 unspecified atom stereocenters. The van der Waals surface area contributed by atoms with Gasteiger partial charge in [0, 0.05) is 10.4 Å². The van der Waals surface area contributed by atoms with Gasteiger partial charge in [0.25, 0.3) is 5.91 Å². The van der Waals surface area contributed by atoms with Crippen molar-refractivity contribution in [3.05, 3.63) is 77.3 Å². The third-order valence-electron chi connectivity index (χ3n) is 3.86. The van der Waals surface area contributed by atoms with Crippen LogP contribution in [0, 0.1) is 0 Å². The minimum Gasteiger partial charge on any atom is -0.483 e. The van der Waals surface area contributed by atoms with Crippen LogP contribution in [-0.4, -0.2) is 12.5 Å². The fourth-order valence-electron chi connectivity index (χ4n) is 2.65. The highest BCUT2D eigenvalue weighted by atomic mass is 35.5. The van der Waals surface area contributed by atoms with Crippen molar-refractivity contribution >= 4 is 28.3 Å². The van der Waals surface area contributed by atoms with E-state index in [0.717, 1.165) is 16.3 Å². The van der Waals surface area contributed by atoms with E-state index in [0.29, 0.717) is 10.8 Å². The molecule has 0 heterocycles. The molecule has 3 aromatic carbocycles. The van der Waals surface area contributed by atoms with Gasteiger partial charge in [-0.15, -0.1) is 0 Å². The molecular weight excluding hydrogens is 322 g/mol. The van der Waals surface area contributed by atoms with Crippen LogP contribution in [0.25, 0.3) is 10.8 Å². The smallest absolute Gasteiger partial charge is 0.258 e. The van der Waals surface area contributed by atoms with Gasteiger partial charge in [-0.25, -0.2) is 0 Å². The third-order valence-corrected chi connectivity index (χ3v) is 4.20. The molecule has 1 atom stereocenters. The van der Waals surface area contributed by atoms with Gasteiger partial charge in [0.1, 0.15) is 5.75 Å². The number of hydrogen-bond acceptors (Lipinski definition) is 2. The van der Waals surface area contributed by atoms with Gasteiger partial charge in [-0.3, -0.25) is 4.79 Å². The number of nitrogens with one attached hydrogen (secondary N) is 1. The first-order valence-corrected chi connectivity index (χ1v) is 8.17. The molecule has 0 bridgehead atoms. The molecule has 0 saturated carbocycles. The summed E-state index contributed by atoms with van der Waals surface area (Å²) in [5.41, 5.74) is 0.887. The van der Waals surface area contributed by atoms with E-state index in [1.165, 1.54) is 0 Å². The Morgan fingerprint density at radius 1 is 1.04 bits per heavy atom. The maximum absolute atomic E-state index is 12.2. The van der Waals surface area contributed by atoms with E-state index in [1.54, 1.807) is 0 Å². The lowest BCUT2D eigenvalue weighted by atomic mass is 10.1. The van der Waals surface area contributed by atoms with Crippen molar-refractivity contribution in [1.82, 2.24) is 5.32 Å². The predicted octanol–water partition coefficient (Wildman–Crippen LogP) is 4.75. The molecule has 122 valence electrons. The molecular formula is C20H18ClNO2. The van der Waals surface area contributed by atoms with Crippen LogP contribution >= 0.6 is 11.6 Å². The average molecular weight is 340 g/mol. The highest BCUT2D eigenvalue weighted by molar-refractivity contribution is 6.31. The Hall–Kier alpha value is -2.52. The Labute approximate surface area is 146 Å². The van der Waals surface area contributed by atoms with Gasteiger partial charge in [0.2, 0.25) is 0 Å². The predicted molar refractivity (Wildman–Crippen MR) is 97.5 cm³/mol. The highest BCUT2D eigenvalue weighted by Crippen LogP contribution is 2.25. The first-order chi connectivity index (χ1) is 11.6. The summed E-state index contributed by atoms with van der Waals surface area (Å²) in [6.45, 7) is 1.86. The fraction of sp³-hybridized carbons (Fsp3) is 0.150. The summed E-state index contributed by atoms with van der Waals surface area (Å²) in [5, 5.41) is 5.62. The Kier molecular flexibility index (Phi) is 5.02. The van der Waals surface area contributed by atoms with E-state index >= 15 is 0 Å². The van der Waals surface area contributed by atoms with Crippen molar-refractivity contribution in [2.45, 2.75) is 13.0 Å². The van der Waals surface area contributed by atoms with Crippen molar-refractivity contribution in [3.8, 4) is 5.75 Å². The van der Waals surface area contributed by atoms with E-state index < -0.39 is 0 Å². The monoisotopic (exact) mass is 339 g/mol. The van der Waals surface area contributed by atoms with Crippen LogP contribution in [0.3, 0.4) is 0 Å². The number of rotatable bonds is 5. The number of amides is 1. The van der Waals surface area contributed by atoms with Gasteiger partial charge in [0.15, 0.2) is 6.61 Å². The largest absolute Gasteiger partial charge is 0.483 e.